The van der Waals surface area contributed by atoms with E-state index in [2.05, 4.69) is 21.2 Å². The lowest BCUT2D eigenvalue weighted by molar-refractivity contribution is 0.181. The van der Waals surface area contributed by atoms with Crippen LogP contribution in [0.25, 0.3) is 0 Å². The average molecular weight is 395 g/mol. The lowest BCUT2D eigenvalue weighted by atomic mass is 10.3. The molecule has 0 bridgehead atoms. The van der Waals surface area contributed by atoms with Gasteiger partial charge in [-0.3, -0.25) is 0 Å². The topological polar surface area (TPSA) is 58.6 Å². The van der Waals surface area contributed by atoms with Crippen LogP contribution < -0.4 is 5.32 Å². The number of hydrogen-bond donors (Lipinski definition) is 1. The molecule has 1 aliphatic heterocycles. The van der Waals surface area contributed by atoms with Gasteiger partial charge in [-0.05, 0) is 41.3 Å². The zero-order valence-corrected chi connectivity index (χ0v) is 15.1. The molecule has 21 heavy (non-hydrogen) atoms. The lowest BCUT2D eigenvalue weighted by Crippen LogP contribution is -2.37. The van der Waals surface area contributed by atoms with Gasteiger partial charge in [0.1, 0.15) is 4.90 Å². The molecule has 2 aliphatic rings. The molecule has 1 unspecified atom stereocenters. The van der Waals surface area contributed by atoms with Gasteiger partial charge in [0.15, 0.2) is 0 Å². The summed E-state index contributed by atoms with van der Waals surface area (Å²) < 4.78 is 32.9. The van der Waals surface area contributed by atoms with Crippen LogP contribution in [0.1, 0.15) is 24.1 Å². The third kappa shape index (κ3) is 3.51. The number of ether oxygens (including phenoxy) is 1. The Morgan fingerprint density at radius 1 is 1.48 bits per heavy atom. The van der Waals surface area contributed by atoms with E-state index >= 15 is 0 Å². The maximum absolute atomic E-state index is 12.7. The van der Waals surface area contributed by atoms with Crippen LogP contribution in [0.15, 0.2) is 14.7 Å². The maximum atomic E-state index is 12.7. The Morgan fingerprint density at radius 2 is 2.24 bits per heavy atom. The minimum Gasteiger partial charge on any atom is -0.380 e. The van der Waals surface area contributed by atoms with Crippen LogP contribution in [0.4, 0.5) is 0 Å². The number of sulfonamides is 1. The summed E-state index contributed by atoms with van der Waals surface area (Å²) >= 11 is 4.89. The van der Waals surface area contributed by atoms with Gasteiger partial charge in [-0.25, -0.2) is 8.42 Å². The number of hydrogen-bond acceptors (Lipinski definition) is 5. The summed E-state index contributed by atoms with van der Waals surface area (Å²) in [5.74, 6) is 0. The molecule has 118 valence electrons. The predicted molar refractivity (Wildman–Crippen MR) is 86.1 cm³/mol. The van der Waals surface area contributed by atoms with Crippen molar-refractivity contribution in [2.24, 2.45) is 0 Å². The molecule has 1 aliphatic carbocycles. The van der Waals surface area contributed by atoms with Gasteiger partial charge in [0, 0.05) is 31.1 Å². The minimum absolute atomic E-state index is 0.0603. The fourth-order valence-electron chi connectivity index (χ4n) is 2.35. The summed E-state index contributed by atoms with van der Waals surface area (Å²) in [5.41, 5.74) is 0. The van der Waals surface area contributed by atoms with Crippen molar-refractivity contribution in [3.63, 3.8) is 0 Å². The highest BCUT2D eigenvalue weighted by Gasteiger charge is 2.33. The molecular weight excluding hydrogens is 376 g/mol. The second-order valence-electron chi connectivity index (χ2n) is 5.54. The van der Waals surface area contributed by atoms with E-state index in [1.807, 2.05) is 0 Å². The second kappa shape index (κ2) is 6.25. The van der Waals surface area contributed by atoms with Crippen LogP contribution in [0.5, 0.6) is 0 Å². The smallest absolute Gasteiger partial charge is 0.245 e. The van der Waals surface area contributed by atoms with Gasteiger partial charge in [-0.1, -0.05) is 0 Å². The largest absolute Gasteiger partial charge is 0.380 e. The van der Waals surface area contributed by atoms with E-state index in [1.54, 1.807) is 13.1 Å². The van der Waals surface area contributed by atoms with Gasteiger partial charge >= 0.3 is 0 Å². The van der Waals surface area contributed by atoms with E-state index in [9.17, 15) is 8.42 Å². The number of likely N-dealkylation sites (N-methyl/N-ethyl adjacent to an activating group) is 1. The minimum atomic E-state index is -3.47. The van der Waals surface area contributed by atoms with Gasteiger partial charge in [-0.15, -0.1) is 11.3 Å². The quantitative estimate of drug-likeness (QED) is 0.802. The van der Waals surface area contributed by atoms with E-state index < -0.39 is 10.0 Å². The van der Waals surface area contributed by atoms with E-state index in [0.29, 0.717) is 27.9 Å². The summed E-state index contributed by atoms with van der Waals surface area (Å²) in [5, 5.41) is 3.41. The highest BCUT2D eigenvalue weighted by Crippen LogP contribution is 2.34. The lowest BCUT2D eigenvalue weighted by Gasteiger charge is -2.22. The predicted octanol–water partition coefficient (Wildman–Crippen LogP) is 2.17. The van der Waals surface area contributed by atoms with Crippen molar-refractivity contribution in [1.29, 1.82) is 0 Å². The molecule has 0 amide bonds. The third-order valence-corrected chi connectivity index (χ3v) is 8.09. The van der Waals surface area contributed by atoms with Crippen molar-refractivity contribution in [1.82, 2.24) is 9.62 Å². The first kappa shape index (κ1) is 15.9. The molecule has 1 saturated carbocycles. The molecule has 0 aromatic carbocycles. The number of thiophene rings is 1. The summed E-state index contributed by atoms with van der Waals surface area (Å²) in [6.45, 7) is 1.85. The van der Waals surface area contributed by atoms with Crippen LogP contribution in [-0.2, 0) is 21.3 Å². The fraction of sp³-hybridized carbons (Fsp3) is 0.692. The molecule has 8 heteroatoms. The molecule has 2 fully saturated rings. The molecule has 0 spiro atoms. The Morgan fingerprint density at radius 3 is 2.86 bits per heavy atom. The van der Waals surface area contributed by atoms with E-state index in [0.717, 1.165) is 17.8 Å². The zero-order valence-electron chi connectivity index (χ0n) is 11.8. The molecule has 1 atom stereocenters. The Kier molecular flexibility index (Phi) is 4.73. The van der Waals surface area contributed by atoms with E-state index in [1.165, 1.54) is 28.5 Å². The highest BCUT2D eigenvalue weighted by atomic mass is 79.9. The van der Waals surface area contributed by atoms with Crippen molar-refractivity contribution in [2.75, 3.05) is 20.3 Å². The Bertz CT molecular complexity index is 607. The highest BCUT2D eigenvalue weighted by molar-refractivity contribution is 9.11. The zero-order chi connectivity index (χ0) is 15.0. The van der Waals surface area contributed by atoms with Gasteiger partial charge in [0.25, 0.3) is 0 Å². The monoisotopic (exact) mass is 394 g/mol. The molecule has 1 N–H and O–H groups in total. The number of rotatable bonds is 6. The molecular formula is C13H19BrN2O3S2. The van der Waals surface area contributed by atoms with Crippen LogP contribution >= 0.6 is 27.3 Å². The van der Waals surface area contributed by atoms with Crippen molar-refractivity contribution in [3.8, 4) is 0 Å². The molecule has 3 rings (SSSR count). The Balaban J connectivity index is 1.76. The summed E-state index contributed by atoms with van der Waals surface area (Å²) in [6.07, 6.45) is 3.21. The number of nitrogens with zero attached hydrogens (tertiary/aromatic N) is 1. The summed E-state index contributed by atoms with van der Waals surface area (Å²) in [6, 6.07) is 2.34. The second-order valence-corrected chi connectivity index (χ2v) is 9.97. The first-order valence-electron chi connectivity index (χ1n) is 7.06. The van der Waals surface area contributed by atoms with Crippen LogP contribution in [0.2, 0.25) is 0 Å². The number of nitrogens with one attached hydrogen (secondary N) is 1. The van der Waals surface area contributed by atoms with Gasteiger partial charge in [-0.2, -0.15) is 4.31 Å². The molecule has 0 radical (unpaired) electrons. The molecule has 2 heterocycles. The Hall–Kier alpha value is 0.01000. The first-order chi connectivity index (χ1) is 9.98. The third-order valence-electron chi connectivity index (χ3n) is 3.93. The first-order valence-corrected chi connectivity index (χ1v) is 10.1. The summed E-state index contributed by atoms with van der Waals surface area (Å²) in [7, 11) is -1.83. The average Bonchev–Trinajstić information content (AvgIpc) is 2.97. The van der Waals surface area contributed by atoms with E-state index in [4.69, 9.17) is 4.74 Å². The van der Waals surface area contributed by atoms with Crippen molar-refractivity contribution in [3.05, 3.63) is 14.7 Å². The van der Waals surface area contributed by atoms with Gasteiger partial charge < -0.3 is 10.1 Å². The van der Waals surface area contributed by atoms with Crippen molar-refractivity contribution in [2.45, 2.75) is 42.8 Å². The standard InChI is InChI=1S/C13H19BrN2O3S2/c1-16(10-4-5-19-8-10)21(17,18)12-6-11(20-13(12)14)7-15-9-2-3-9/h6,9-10,15H,2-5,7-8H2,1H3. The van der Waals surface area contributed by atoms with Crippen molar-refractivity contribution < 1.29 is 13.2 Å². The Labute approximate surface area is 137 Å². The van der Waals surface area contributed by atoms with Crippen molar-refractivity contribution >= 4 is 37.3 Å². The number of halogens is 1. The molecule has 1 aromatic heterocycles. The van der Waals surface area contributed by atoms with Crippen LogP contribution in [0.3, 0.4) is 0 Å². The molecule has 1 saturated heterocycles. The van der Waals surface area contributed by atoms with Gasteiger partial charge in [0.05, 0.1) is 16.4 Å². The van der Waals surface area contributed by atoms with Gasteiger partial charge in [0.2, 0.25) is 10.0 Å². The molecule has 1 aromatic rings. The maximum Gasteiger partial charge on any atom is 0.245 e. The van der Waals surface area contributed by atoms with Crippen LogP contribution in [-0.4, -0.2) is 45.1 Å². The SMILES string of the molecule is CN(C1CCOC1)S(=O)(=O)c1cc(CNC2CC2)sc1Br. The normalized spacial score (nSPS) is 23.1. The van der Waals surface area contributed by atoms with E-state index in [-0.39, 0.29) is 6.04 Å². The van der Waals surface area contributed by atoms with Crippen LogP contribution in [0, 0.1) is 0 Å². The fourth-order valence-corrected chi connectivity index (χ4v) is 6.31. The summed E-state index contributed by atoms with van der Waals surface area (Å²) in [4.78, 5) is 1.41. The molecule has 5 nitrogen and oxygen atoms in total.